The Balaban J connectivity index is 1.93. The Hall–Kier alpha value is -1.36. The average Bonchev–Trinajstić information content (AvgIpc) is 2.91. The van der Waals surface area contributed by atoms with Gasteiger partial charge in [0.15, 0.2) is 0 Å². The van der Waals surface area contributed by atoms with E-state index in [9.17, 15) is 0 Å². The highest BCUT2D eigenvalue weighted by molar-refractivity contribution is 9.10. The minimum Gasteiger partial charge on any atom is -0.496 e. The molecule has 4 heteroatoms. The summed E-state index contributed by atoms with van der Waals surface area (Å²) in [6, 6.07) is 14.4. The molecule has 1 aromatic heterocycles. The number of benzene rings is 2. The summed E-state index contributed by atoms with van der Waals surface area (Å²) in [6.45, 7) is 0. The van der Waals surface area contributed by atoms with Gasteiger partial charge in [-0.05, 0) is 52.6 Å². The molecule has 21 heavy (non-hydrogen) atoms. The van der Waals surface area contributed by atoms with Crippen molar-refractivity contribution in [2.75, 3.05) is 7.11 Å². The maximum Gasteiger partial charge on any atom is 0.122 e. The summed E-state index contributed by atoms with van der Waals surface area (Å²) in [5.74, 6) is 0.883. The van der Waals surface area contributed by atoms with Gasteiger partial charge in [0, 0.05) is 15.2 Å². The van der Waals surface area contributed by atoms with Crippen LogP contribution in [0.2, 0.25) is 0 Å². The number of rotatable bonds is 4. The van der Waals surface area contributed by atoms with Gasteiger partial charge in [-0.25, -0.2) is 0 Å². The summed E-state index contributed by atoms with van der Waals surface area (Å²) in [5.41, 5.74) is 8.77. The van der Waals surface area contributed by atoms with Gasteiger partial charge in [0.1, 0.15) is 5.75 Å². The van der Waals surface area contributed by atoms with Crippen LogP contribution in [0.1, 0.15) is 17.2 Å². The molecule has 0 aliphatic carbocycles. The van der Waals surface area contributed by atoms with Crippen molar-refractivity contribution in [3.63, 3.8) is 0 Å². The van der Waals surface area contributed by atoms with E-state index in [4.69, 9.17) is 10.5 Å². The van der Waals surface area contributed by atoms with Crippen LogP contribution in [0.3, 0.4) is 0 Å². The third-order valence-electron chi connectivity index (χ3n) is 3.59. The first-order chi connectivity index (χ1) is 10.2. The van der Waals surface area contributed by atoms with Gasteiger partial charge < -0.3 is 10.5 Å². The fraction of sp³-hybridized carbons (Fsp3) is 0.176. The summed E-state index contributed by atoms with van der Waals surface area (Å²) in [6.07, 6.45) is 0.753. The van der Waals surface area contributed by atoms with Crippen LogP contribution in [-0.4, -0.2) is 7.11 Å². The average molecular weight is 362 g/mol. The zero-order chi connectivity index (χ0) is 14.8. The molecule has 3 rings (SSSR count). The molecule has 0 saturated heterocycles. The molecule has 0 saturated carbocycles. The predicted octanol–water partition coefficient (Wildman–Crippen LogP) is 4.91. The van der Waals surface area contributed by atoms with Crippen LogP contribution >= 0.6 is 27.3 Å². The van der Waals surface area contributed by atoms with Crippen molar-refractivity contribution in [2.45, 2.75) is 12.5 Å². The molecule has 108 valence electrons. The third-order valence-corrected chi connectivity index (χ3v) is 5.07. The lowest BCUT2D eigenvalue weighted by molar-refractivity contribution is 0.408. The quantitative estimate of drug-likeness (QED) is 0.715. The van der Waals surface area contributed by atoms with E-state index in [-0.39, 0.29) is 6.04 Å². The Morgan fingerprint density at radius 2 is 2.05 bits per heavy atom. The molecule has 0 bridgehead atoms. The van der Waals surface area contributed by atoms with E-state index in [0.717, 1.165) is 22.2 Å². The van der Waals surface area contributed by atoms with Gasteiger partial charge in [0.25, 0.3) is 0 Å². The normalized spacial score (nSPS) is 12.5. The van der Waals surface area contributed by atoms with E-state index in [1.807, 2.05) is 12.1 Å². The second kappa shape index (κ2) is 6.18. The lowest BCUT2D eigenvalue weighted by atomic mass is 9.98. The molecule has 2 nitrogen and oxygen atoms in total. The van der Waals surface area contributed by atoms with Crippen LogP contribution in [-0.2, 0) is 6.42 Å². The topological polar surface area (TPSA) is 35.2 Å². The smallest absolute Gasteiger partial charge is 0.122 e. The minimum atomic E-state index is -0.0376. The second-order valence-corrected chi connectivity index (χ2v) is 6.78. The van der Waals surface area contributed by atoms with Crippen LogP contribution in [0.5, 0.6) is 5.75 Å². The number of hydrogen-bond donors (Lipinski definition) is 1. The van der Waals surface area contributed by atoms with E-state index >= 15 is 0 Å². The lowest BCUT2D eigenvalue weighted by Gasteiger charge is -2.14. The first-order valence-corrected chi connectivity index (χ1v) is 8.40. The number of halogens is 1. The fourth-order valence-electron chi connectivity index (χ4n) is 2.54. The first-order valence-electron chi connectivity index (χ1n) is 6.73. The molecule has 0 aliphatic rings. The standard InChI is InChI=1S/C17H16BrNOS/c1-20-16-7-6-12(18)8-11(16)9-15(19)14-10-21-17-5-3-2-4-13(14)17/h2-8,10,15H,9,19H2,1H3. The van der Waals surface area contributed by atoms with E-state index in [1.54, 1.807) is 18.4 Å². The summed E-state index contributed by atoms with van der Waals surface area (Å²) in [7, 11) is 1.69. The van der Waals surface area contributed by atoms with Crippen molar-refractivity contribution < 1.29 is 4.74 Å². The highest BCUT2D eigenvalue weighted by Crippen LogP contribution is 2.33. The van der Waals surface area contributed by atoms with Crippen LogP contribution in [0.4, 0.5) is 0 Å². The van der Waals surface area contributed by atoms with Crippen molar-refractivity contribution in [3.05, 3.63) is 63.4 Å². The summed E-state index contributed by atoms with van der Waals surface area (Å²) < 4.78 is 7.76. The minimum absolute atomic E-state index is 0.0376. The third kappa shape index (κ3) is 2.98. The molecule has 0 fully saturated rings. The second-order valence-electron chi connectivity index (χ2n) is 4.95. The largest absolute Gasteiger partial charge is 0.496 e. The van der Waals surface area contributed by atoms with E-state index in [1.165, 1.54) is 15.6 Å². The Bertz CT molecular complexity index is 768. The van der Waals surface area contributed by atoms with Gasteiger partial charge in [-0.1, -0.05) is 34.1 Å². The molecule has 1 atom stereocenters. The van der Waals surface area contributed by atoms with Crippen LogP contribution < -0.4 is 10.5 Å². The maximum absolute atomic E-state index is 6.45. The Kier molecular flexibility index (Phi) is 4.29. The lowest BCUT2D eigenvalue weighted by Crippen LogP contribution is -2.13. The molecular weight excluding hydrogens is 346 g/mol. The fourth-order valence-corrected chi connectivity index (χ4v) is 3.97. The van der Waals surface area contributed by atoms with Crippen molar-refractivity contribution in [1.29, 1.82) is 0 Å². The van der Waals surface area contributed by atoms with Gasteiger partial charge in [-0.15, -0.1) is 11.3 Å². The highest BCUT2D eigenvalue weighted by atomic mass is 79.9. The maximum atomic E-state index is 6.45. The number of methoxy groups -OCH3 is 1. The Morgan fingerprint density at radius 1 is 1.24 bits per heavy atom. The SMILES string of the molecule is COc1ccc(Br)cc1CC(N)c1csc2ccccc12. The molecule has 1 unspecified atom stereocenters. The molecule has 2 N–H and O–H groups in total. The van der Waals surface area contributed by atoms with E-state index < -0.39 is 0 Å². The van der Waals surface area contributed by atoms with Crippen LogP contribution in [0.25, 0.3) is 10.1 Å². The Morgan fingerprint density at radius 3 is 2.86 bits per heavy atom. The van der Waals surface area contributed by atoms with Crippen LogP contribution in [0.15, 0.2) is 52.3 Å². The summed E-state index contributed by atoms with van der Waals surface area (Å²) in [5, 5.41) is 3.42. The van der Waals surface area contributed by atoms with Crippen molar-refractivity contribution in [2.24, 2.45) is 5.73 Å². The number of thiophene rings is 1. The highest BCUT2D eigenvalue weighted by Gasteiger charge is 2.15. The number of nitrogens with two attached hydrogens (primary N) is 1. The summed E-state index contributed by atoms with van der Waals surface area (Å²) >= 11 is 5.26. The van der Waals surface area contributed by atoms with E-state index in [2.05, 4.69) is 51.6 Å². The monoisotopic (exact) mass is 361 g/mol. The molecular formula is C17H16BrNOS. The van der Waals surface area contributed by atoms with Crippen LogP contribution in [0, 0.1) is 0 Å². The zero-order valence-electron chi connectivity index (χ0n) is 11.7. The van der Waals surface area contributed by atoms with Crippen molar-refractivity contribution >= 4 is 37.4 Å². The molecule has 0 spiro atoms. The Labute approximate surface area is 136 Å². The van der Waals surface area contributed by atoms with Gasteiger partial charge in [0.05, 0.1) is 7.11 Å². The van der Waals surface area contributed by atoms with Gasteiger partial charge in [-0.2, -0.15) is 0 Å². The van der Waals surface area contributed by atoms with Gasteiger partial charge >= 0.3 is 0 Å². The molecule has 2 aromatic carbocycles. The molecule has 0 aliphatic heterocycles. The molecule has 0 amide bonds. The summed E-state index contributed by atoms with van der Waals surface area (Å²) in [4.78, 5) is 0. The first kappa shape index (κ1) is 14.6. The van der Waals surface area contributed by atoms with Crippen molar-refractivity contribution in [1.82, 2.24) is 0 Å². The number of ether oxygens (including phenoxy) is 1. The molecule has 0 radical (unpaired) electrons. The van der Waals surface area contributed by atoms with E-state index in [0.29, 0.717) is 0 Å². The van der Waals surface area contributed by atoms with Gasteiger partial charge in [-0.3, -0.25) is 0 Å². The number of fused-ring (bicyclic) bond motifs is 1. The van der Waals surface area contributed by atoms with Crippen molar-refractivity contribution in [3.8, 4) is 5.75 Å². The zero-order valence-corrected chi connectivity index (χ0v) is 14.1. The van der Waals surface area contributed by atoms with Gasteiger partial charge in [0.2, 0.25) is 0 Å². The predicted molar refractivity (Wildman–Crippen MR) is 93.2 cm³/mol. The molecule has 3 aromatic rings. The molecule has 1 heterocycles. The number of hydrogen-bond acceptors (Lipinski definition) is 3.